The molecule has 0 radical (unpaired) electrons. The van der Waals surface area contributed by atoms with Gasteiger partial charge in [-0.15, -0.1) is 0 Å². The van der Waals surface area contributed by atoms with E-state index in [-0.39, 0.29) is 11.5 Å². The summed E-state index contributed by atoms with van der Waals surface area (Å²) in [4.78, 5) is 12.4. The van der Waals surface area contributed by atoms with Crippen LogP contribution >= 0.6 is 0 Å². The molecule has 2 aromatic carbocycles. The molecule has 0 aliphatic heterocycles. The zero-order valence-electron chi connectivity index (χ0n) is 15.1. The van der Waals surface area contributed by atoms with Crippen LogP contribution in [0.25, 0.3) is 17.3 Å². The summed E-state index contributed by atoms with van der Waals surface area (Å²) < 4.78 is 0. The Bertz CT molecular complexity index is 979. The molecular formula is C22H20N4O. The maximum atomic E-state index is 12.4. The van der Waals surface area contributed by atoms with Crippen molar-refractivity contribution in [1.29, 1.82) is 5.26 Å². The molecule has 27 heavy (non-hydrogen) atoms. The smallest absolute Gasteiger partial charge is 0.261 e. The Balaban J connectivity index is 1.71. The molecule has 1 heterocycles. The minimum atomic E-state index is -0.385. The van der Waals surface area contributed by atoms with Crippen LogP contribution in [-0.4, -0.2) is 22.6 Å². The van der Waals surface area contributed by atoms with E-state index in [0.717, 1.165) is 22.4 Å². The van der Waals surface area contributed by atoms with E-state index in [1.54, 1.807) is 12.3 Å². The highest BCUT2D eigenvalue weighted by molar-refractivity contribution is 6.02. The fraction of sp³-hybridized carbons (Fsp3) is 0.136. The van der Waals surface area contributed by atoms with Gasteiger partial charge in [0, 0.05) is 17.7 Å². The third-order valence-electron chi connectivity index (χ3n) is 4.22. The van der Waals surface area contributed by atoms with E-state index in [9.17, 15) is 10.1 Å². The molecule has 0 aliphatic rings. The second-order valence-electron chi connectivity index (χ2n) is 6.23. The predicted molar refractivity (Wildman–Crippen MR) is 106 cm³/mol. The maximum Gasteiger partial charge on any atom is 0.261 e. The van der Waals surface area contributed by atoms with Crippen LogP contribution in [-0.2, 0) is 11.2 Å². The van der Waals surface area contributed by atoms with E-state index in [4.69, 9.17) is 0 Å². The molecule has 0 saturated heterocycles. The first-order chi connectivity index (χ1) is 13.2. The number of amides is 1. The first-order valence-electron chi connectivity index (χ1n) is 8.71. The Kier molecular flexibility index (Phi) is 5.80. The fourth-order valence-corrected chi connectivity index (χ4v) is 2.72. The lowest BCUT2D eigenvalue weighted by Crippen LogP contribution is -2.26. The Morgan fingerprint density at radius 1 is 1.19 bits per heavy atom. The van der Waals surface area contributed by atoms with E-state index in [1.165, 1.54) is 0 Å². The number of H-pyrrole nitrogens is 1. The van der Waals surface area contributed by atoms with Gasteiger partial charge in [-0.05, 0) is 25.0 Å². The normalized spacial score (nSPS) is 11.0. The largest absolute Gasteiger partial charge is 0.351 e. The Labute approximate surface area is 158 Å². The highest BCUT2D eigenvalue weighted by Crippen LogP contribution is 2.23. The quantitative estimate of drug-likeness (QED) is 0.522. The van der Waals surface area contributed by atoms with Gasteiger partial charge in [0.2, 0.25) is 0 Å². The minimum absolute atomic E-state index is 0.0535. The highest BCUT2D eigenvalue weighted by Gasteiger charge is 2.12. The molecule has 1 amide bonds. The minimum Gasteiger partial charge on any atom is -0.351 e. The lowest BCUT2D eigenvalue weighted by molar-refractivity contribution is -0.117. The van der Waals surface area contributed by atoms with Crippen LogP contribution < -0.4 is 5.32 Å². The highest BCUT2D eigenvalue weighted by atomic mass is 16.1. The molecule has 2 N–H and O–H groups in total. The molecule has 1 aromatic heterocycles. The van der Waals surface area contributed by atoms with Crippen molar-refractivity contribution in [3.8, 4) is 17.3 Å². The van der Waals surface area contributed by atoms with Crippen molar-refractivity contribution in [2.24, 2.45) is 0 Å². The molecule has 0 atom stereocenters. The van der Waals surface area contributed by atoms with Gasteiger partial charge >= 0.3 is 0 Å². The topological polar surface area (TPSA) is 81.6 Å². The summed E-state index contributed by atoms with van der Waals surface area (Å²) in [5.74, 6) is -0.385. The van der Waals surface area contributed by atoms with Crippen molar-refractivity contribution < 1.29 is 4.79 Å². The molecule has 5 heteroatoms. The van der Waals surface area contributed by atoms with Gasteiger partial charge in [0.1, 0.15) is 11.6 Å². The van der Waals surface area contributed by atoms with Gasteiger partial charge in [-0.25, -0.2) is 0 Å². The van der Waals surface area contributed by atoms with Crippen LogP contribution in [0.15, 0.2) is 66.4 Å². The van der Waals surface area contributed by atoms with Crippen molar-refractivity contribution in [3.05, 3.63) is 83.1 Å². The molecule has 0 aliphatic carbocycles. The zero-order chi connectivity index (χ0) is 19.1. The molecule has 0 fully saturated rings. The third kappa shape index (κ3) is 4.71. The molecule has 3 aromatic rings. The lowest BCUT2D eigenvalue weighted by Gasteiger charge is -2.05. The van der Waals surface area contributed by atoms with Gasteiger partial charge in [-0.3, -0.25) is 9.89 Å². The SMILES string of the molecule is Cc1ccc(-c2[nH]ncc2/C=C(/C#N)C(=O)NCCc2ccccc2)cc1. The van der Waals surface area contributed by atoms with Crippen LogP contribution in [0.1, 0.15) is 16.7 Å². The summed E-state index contributed by atoms with van der Waals surface area (Å²) in [7, 11) is 0. The zero-order valence-corrected chi connectivity index (χ0v) is 15.1. The van der Waals surface area contributed by atoms with Crippen molar-refractivity contribution in [3.63, 3.8) is 0 Å². The number of nitriles is 1. The summed E-state index contributed by atoms with van der Waals surface area (Å²) in [6.07, 6.45) is 3.89. The molecule has 0 saturated carbocycles. The van der Waals surface area contributed by atoms with Gasteiger partial charge in [0.15, 0.2) is 0 Å². The molecule has 0 bridgehead atoms. The van der Waals surface area contributed by atoms with Crippen LogP contribution in [0.4, 0.5) is 0 Å². The second-order valence-corrected chi connectivity index (χ2v) is 6.23. The average molecular weight is 356 g/mol. The molecular weight excluding hydrogens is 336 g/mol. The summed E-state index contributed by atoms with van der Waals surface area (Å²) in [6, 6.07) is 19.8. The lowest BCUT2D eigenvalue weighted by atomic mass is 10.0. The van der Waals surface area contributed by atoms with Crippen LogP contribution in [0.2, 0.25) is 0 Å². The third-order valence-corrected chi connectivity index (χ3v) is 4.22. The number of benzene rings is 2. The molecule has 0 spiro atoms. The van der Waals surface area contributed by atoms with Crippen LogP contribution in [0, 0.1) is 18.3 Å². The molecule has 3 rings (SSSR count). The van der Waals surface area contributed by atoms with Crippen molar-refractivity contribution in [2.75, 3.05) is 6.54 Å². The Morgan fingerprint density at radius 3 is 2.63 bits per heavy atom. The summed E-state index contributed by atoms with van der Waals surface area (Å²) in [6.45, 7) is 2.49. The van der Waals surface area contributed by atoms with Crippen molar-refractivity contribution >= 4 is 12.0 Å². The van der Waals surface area contributed by atoms with Crippen LogP contribution in [0.3, 0.4) is 0 Å². The van der Waals surface area contributed by atoms with Gasteiger partial charge in [-0.1, -0.05) is 60.2 Å². The second kappa shape index (κ2) is 8.63. The van der Waals surface area contributed by atoms with Gasteiger partial charge in [0.05, 0.1) is 11.9 Å². The van der Waals surface area contributed by atoms with E-state index >= 15 is 0 Å². The maximum absolute atomic E-state index is 12.4. The Hall–Kier alpha value is -3.65. The number of nitrogens with zero attached hydrogens (tertiary/aromatic N) is 2. The molecule has 0 unspecified atom stereocenters. The average Bonchev–Trinajstić information content (AvgIpc) is 3.15. The number of carbonyl (C=O) groups excluding carboxylic acids is 1. The first-order valence-corrected chi connectivity index (χ1v) is 8.71. The van der Waals surface area contributed by atoms with E-state index in [2.05, 4.69) is 15.5 Å². The monoisotopic (exact) mass is 356 g/mol. The number of hydrogen-bond acceptors (Lipinski definition) is 3. The fourth-order valence-electron chi connectivity index (χ4n) is 2.72. The summed E-state index contributed by atoms with van der Waals surface area (Å²) >= 11 is 0. The number of aromatic nitrogens is 2. The van der Waals surface area contributed by atoms with Gasteiger partial charge in [0.25, 0.3) is 5.91 Å². The van der Waals surface area contributed by atoms with E-state index in [0.29, 0.717) is 18.5 Å². The number of aryl methyl sites for hydroxylation is 1. The van der Waals surface area contributed by atoms with Gasteiger partial charge in [-0.2, -0.15) is 10.4 Å². The van der Waals surface area contributed by atoms with Crippen molar-refractivity contribution in [2.45, 2.75) is 13.3 Å². The summed E-state index contributed by atoms with van der Waals surface area (Å²) in [5, 5.41) is 19.2. The number of rotatable bonds is 6. The predicted octanol–water partition coefficient (Wildman–Crippen LogP) is 3.65. The standard InChI is InChI=1S/C22H20N4O/c1-16-7-9-18(10-8-16)21-20(15-25-26-21)13-19(14-23)22(27)24-12-11-17-5-3-2-4-6-17/h2-10,13,15H,11-12H2,1H3,(H,24,27)(H,25,26)/b19-13-. The number of aromatic amines is 1. The van der Waals surface area contributed by atoms with Crippen LogP contribution in [0.5, 0.6) is 0 Å². The van der Waals surface area contributed by atoms with E-state index < -0.39 is 0 Å². The van der Waals surface area contributed by atoms with Crippen molar-refractivity contribution in [1.82, 2.24) is 15.5 Å². The molecule has 5 nitrogen and oxygen atoms in total. The summed E-state index contributed by atoms with van der Waals surface area (Å²) in [5.41, 5.74) is 4.78. The Morgan fingerprint density at radius 2 is 1.93 bits per heavy atom. The van der Waals surface area contributed by atoms with E-state index in [1.807, 2.05) is 67.6 Å². The van der Waals surface area contributed by atoms with Gasteiger partial charge < -0.3 is 5.32 Å². The number of hydrogen-bond donors (Lipinski definition) is 2. The first kappa shape index (κ1) is 18.2. The number of nitrogens with one attached hydrogen (secondary N) is 2. The number of carbonyl (C=O) groups is 1. The molecule has 134 valence electrons.